The smallest absolute Gasteiger partial charge is 0.337 e. The molecule has 110 valence electrons. The minimum atomic E-state index is -0.313. The van der Waals surface area contributed by atoms with Gasteiger partial charge in [-0.3, -0.25) is 4.98 Å². The first-order chi connectivity index (χ1) is 10.8. The van der Waals surface area contributed by atoms with Gasteiger partial charge in [0.15, 0.2) is 0 Å². The van der Waals surface area contributed by atoms with Crippen molar-refractivity contribution in [2.24, 2.45) is 0 Å². The van der Waals surface area contributed by atoms with E-state index in [1.54, 1.807) is 6.20 Å². The van der Waals surface area contributed by atoms with Gasteiger partial charge in [-0.1, -0.05) is 12.1 Å². The summed E-state index contributed by atoms with van der Waals surface area (Å²) in [5.74, 6) is 0.266. The van der Waals surface area contributed by atoms with Gasteiger partial charge in [0.2, 0.25) is 0 Å². The zero-order valence-corrected chi connectivity index (χ0v) is 12.4. The Labute approximate surface area is 128 Å². The lowest BCUT2D eigenvalue weighted by molar-refractivity contribution is 0.0600. The van der Waals surface area contributed by atoms with Crippen molar-refractivity contribution in [2.75, 3.05) is 7.11 Å². The fraction of sp³-hybridized carbons (Fsp3) is 0.278. The molecule has 22 heavy (non-hydrogen) atoms. The molecule has 2 aromatic rings. The molecule has 1 heterocycles. The molecule has 0 aliphatic heterocycles. The number of ether oxygens (including phenoxy) is 1. The summed E-state index contributed by atoms with van der Waals surface area (Å²) in [5, 5.41) is 0. The Kier molecular flexibility index (Phi) is 3.03. The molecule has 0 unspecified atom stereocenters. The molecule has 1 fully saturated rings. The van der Waals surface area contributed by atoms with Crippen molar-refractivity contribution in [3.05, 3.63) is 64.7 Å². The Morgan fingerprint density at radius 3 is 2.91 bits per heavy atom. The first kappa shape index (κ1) is 13.2. The summed E-state index contributed by atoms with van der Waals surface area (Å²) in [6.45, 7) is 0. The van der Waals surface area contributed by atoms with Crippen LogP contribution in [0, 0.1) is 0 Å². The van der Waals surface area contributed by atoms with Crippen LogP contribution in [0.4, 0.5) is 0 Å². The summed E-state index contributed by atoms with van der Waals surface area (Å²) < 4.78 is 4.81. The predicted molar refractivity (Wildman–Crippen MR) is 82.6 cm³/mol. The molecule has 0 spiro atoms. The summed E-state index contributed by atoms with van der Waals surface area (Å²) in [5.41, 5.74) is 5.88. The van der Waals surface area contributed by atoms with Crippen LogP contribution in [0.15, 0.2) is 36.7 Å². The van der Waals surface area contributed by atoms with Crippen molar-refractivity contribution < 1.29 is 9.53 Å². The highest BCUT2D eigenvalue weighted by Gasteiger charge is 2.26. The van der Waals surface area contributed by atoms with Crippen LogP contribution in [0.2, 0.25) is 0 Å². The molecule has 4 rings (SSSR count). The van der Waals surface area contributed by atoms with E-state index in [1.165, 1.54) is 25.5 Å². The summed E-state index contributed by atoms with van der Waals surface area (Å²) in [6, 6.07) is 5.70. The van der Waals surface area contributed by atoms with Crippen molar-refractivity contribution in [1.82, 2.24) is 9.97 Å². The van der Waals surface area contributed by atoms with Crippen molar-refractivity contribution in [2.45, 2.75) is 25.2 Å². The van der Waals surface area contributed by atoms with Gasteiger partial charge in [0, 0.05) is 17.7 Å². The third-order valence-corrected chi connectivity index (χ3v) is 4.27. The Morgan fingerprint density at radius 1 is 1.27 bits per heavy atom. The summed E-state index contributed by atoms with van der Waals surface area (Å²) in [4.78, 5) is 20.8. The minimum Gasteiger partial charge on any atom is -0.465 e. The number of hydrogen-bond donors (Lipinski definition) is 0. The number of aromatic nitrogens is 2. The Hall–Kier alpha value is -2.49. The lowest BCUT2D eigenvalue weighted by atomic mass is 10.0. The second-order valence-electron chi connectivity index (χ2n) is 5.79. The molecule has 4 heteroatoms. The first-order valence-electron chi connectivity index (χ1n) is 7.50. The van der Waals surface area contributed by atoms with E-state index in [0.717, 1.165) is 28.9 Å². The lowest BCUT2D eigenvalue weighted by Gasteiger charge is -2.08. The molecule has 0 radical (unpaired) electrons. The monoisotopic (exact) mass is 292 g/mol. The van der Waals surface area contributed by atoms with Crippen LogP contribution in [-0.4, -0.2) is 23.0 Å². The van der Waals surface area contributed by atoms with Gasteiger partial charge in [0.1, 0.15) is 0 Å². The average molecular weight is 292 g/mol. The fourth-order valence-electron chi connectivity index (χ4n) is 2.90. The van der Waals surface area contributed by atoms with E-state index in [-0.39, 0.29) is 5.97 Å². The van der Waals surface area contributed by atoms with E-state index >= 15 is 0 Å². The van der Waals surface area contributed by atoms with Crippen molar-refractivity contribution in [3.8, 4) is 0 Å². The molecule has 2 aliphatic carbocycles. The van der Waals surface area contributed by atoms with Crippen LogP contribution in [0.5, 0.6) is 0 Å². The maximum atomic E-state index is 11.7. The molecule has 2 aliphatic rings. The van der Waals surface area contributed by atoms with Gasteiger partial charge in [0.05, 0.1) is 30.3 Å². The lowest BCUT2D eigenvalue weighted by Crippen LogP contribution is -2.03. The zero-order chi connectivity index (χ0) is 15.1. The highest BCUT2D eigenvalue weighted by molar-refractivity contribution is 5.92. The molecule has 0 bridgehead atoms. The number of benzene rings is 1. The summed E-state index contributed by atoms with van der Waals surface area (Å²) in [7, 11) is 1.40. The Bertz CT molecular complexity index is 791. The Balaban J connectivity index is 1.74. The van der Waals surface area contributed by atoms with Gasteiger partial charge in [0.25, 0.3) is 0 Å². The summed E-state index contributed by atoms with van der Waals surface area (Å²) >= 11 is 0. The van der Waals surface area contributed by atoms with Crippen LogP contribution in [0.1, 0.15) is 51.6 Å². The number of fused-ring (bicyclic) bond motifs is 1. The first-order valence-corrected chi connectivity index (χ1v) is 7.50. The number of allylic oxidation sites excluding steroid dienone is 1. The zero-order valence-electron chi connectivity index (χ0n) is 12.4. The van der Waals surface area contributed by atoms with E-state index < -0.39 is 0 Å². The number of carbonyl (C=O) groups excluding carboxylic acids is 1. The quantitative estimate of drug-likeness (QED) is 0.816. The van der Waals surface area contributed by atoms with E-state index in [9.17, 15) is 4.79 Å². The number of rotatable bonds is 3. The number of methoxy groups -OCH3 is 1. The van der Waals surface area contributed by atoms with Crippen molar-refractivity contribution in [3.63, 3.8) is 0 Å². The van der Waals surface area contributed by atoms with E-state index in [1.807, 2.05) is 24.4 Å². The van der Waals surface area contributed by atoms with Crippen molar-refractivity contribution in [1.29, 1.82) is 0 Å². The van der Waals surface area contributed by atoms with Crippen LogP contribution in [0.25, 0.3) is 5.57 Å². The number of carbonyl (C=O) groups is 1. The topological polar surface area (TPSA) is 52.1 Å². The number of hydrogen-bond acceptors (Lipinski definition) is 4. The molecule has 0 atom stereocenters. The highest BCUT2D eigenvalue weighted by Crippen LogP contribution is 2.39. The van der Waals surface area contributed by atoms with E-state index in [0.29, 0.717) is 11.5 Å². The second kappa shape index (κ2) is 5.05. The van der Waals surface area contributed by atoms with Gasteiger partial charge >= 0.3 is 5.97 Å². The normalized spacial score (nSPS) is 16.1. The Morgan fingerprint density at radius 2 is 2.14 bits per heavy atom. The third-order valence-electron chi connectivity index (χ3n) is 4.27. The SMILES string of the molecule is COC(=O)c1ccc2c(c1)C(c1cncc(C3CC3)n1)=CC2. The maximum absolute atomic E-state index is 11.7. The molecule has 1 aromatic carbocycles. The molecule has 1 aromatic heterocycles. The van der Waals surface area contributed by atoms with Crippen LogP contribution in [-0.2, 0) is 11.2 Å². The van der Waals surface area contributed by atoms with E-state index in [2.05, 4.69) is 11.1 Å². The standard InChI is InChI=1S/C18H16N2O2/c1-22-18(21)13-5-2-11-6-7-14(15(11)8-13)17-10-19-9-16(20-17)12-3-4-12/h2,5,7-10,12H,3-4,6H2,1H3. The molecule has 0 N–H and O–H groups in total. The summed E-state index contributed by atoms with van der Waals surface area (Å²) in [6.07, 6.45) is 9.11. The van der Waals surface area contributed by atoms with Gasteiger partial charge in [-0.25, -0.2) is 9.78 Å². The highest BCUT2D eigenvalue weighted by atomic mass is 16.5. The average Bonchev–Trinajstić information content (AvgIpc) is 3.33. The predicted octanol–water partition coefficient (Wildman–Crippen LogP) is 3.13. The molecular formula is C18H16N2O2. The van der Waals surface area contributed by atoms with E-state index in [4.69, 9.17) is 9.72 Å². The number of nitrogens with zero attached hydrogens (tertiary/aromatic N) is 2. The third kappa shape index (κ3) is 2.21. The largest absolute Gasteiger partial charge is 0.465 e. The van der Waals surface area contributed by atoms with Crippen LogP contribution in [0.3, 0.4) is 0 Å². The van der Waals surface area contributed by atoms with Crippen molar-refractivity contribution >= 4 is 11.5 Å². The minimum absolute atomic E-state index is 0.313. The van der Waals surface area contributed by atoms with Gasteiger partial charge in [-0.05, 0) is 42.5 Å². The van der Waals surface area contributed by atoms with Gasteiger partial charge in [-0.15, -0.1) is 0 Å². The molecule has 1 saturated carbocycles. The molecule has 0 amide bonds. The molecule has 0 saturated heterocycles. The molecule has 4 nitrogen and oxygen atoms in total. The number of esters is 1. The van der Waals surface area contributed by atoms with Gasteiger partial charge in [-0.2, -0.15) is 0 Å². The second-order valence-corrected chi connectivity index (χ2v) is 5.79. The molecular weight excluding hydrogens is 276 g/mol. The van der Waals surface area contributed by atoms with Crippen LogP contribution < -0.4 is 0 Å². The maximum Gasteiger partial charge on any atom is 0.337 e. The fourth-order valence-corrected chi connectivity index (χ4v) is 2.90. The van der Waals surface area contributed by atoms with Crippen LogP contribution >= 0.6 is 0 Å². The van der Waals surface area contributed by atoms with Gasteiger partial charge < -0.3 is 4.74 Å².